The minimum atomic E-state index is -0.306. The van der Waals surface area contributed by atoms with Crippen molar-refractivity contribution in [3.05, 3.63) is 41.5 Å². The molecule has 0 saturated heterocycles. The lowest BCUT2D eigenvalue weighted by Gasteiger charge is -2.18. The molecule has 0 amide bonds. The summed E-state index contributed by atoms with van der Waals surface area (Å²) in [6.45, 7) is 1.77. The molecule has 0 aliphatic carbocycles. The van der Waals surface area contributed by atoms with E-state index in [1.54, 1.807) is 24.1 Å². The molecule has 1 aliphatic heterocycles. The molecule has 0 bridgehead atoms. The molecule has 1 aromatic rings. The molecule has 6 heteroatoms. The molecule has 4 nitrogen and oxygen atoms in total. The maximum absolute atomic E-state index is 12.8. The number of hydrogen-bond donors (Lipinski definition) is 2. The van der Waals surface area contributed by atoms with E-state index in [4.69, 9.17) is 11.6 Å². The highest BCUT2D eigenvalue weighted by molar-refractivity contribution is 6.30. The minimum absolute atomic E-state index is 0.0847. The molecule has 1 aromatic carbocycles. The molecule has 0 atom stereocenters. The molecule has 0 fully saturated rings. The maximum atomic E-state index is 12.8. The standard InChI is InChI=1S/C11H11ClFN3O/c1-7-11(10(17)6-12)14-15-16(7)9-4-2-8(13)3-5-9/h2-5,14-15H,6H2,1H3. The van der Waals surface area contributed by atoms with E-state index in [9.17, 15) is 9.18 Å². The number of halogens is 2. The number of anilines is 1. The average Bonchev–Trinajstić information content (AvgIpc) is 2.71. The van der Waals surface area contributed by atoms with Gasteiger partial charge in [-0.3, -0.25) is 15.2 Å². The van der Waals surface area contributed by atoms with Gasteiger partial charge in [-0.15, -0.1) is 17.1 Å². The van der Waals surface area contributed by atoms with E-state index in [1.165, 1.54) is 12.1 Å². The maximum Gasteiger partial charge on any atom is 0.196 e. The first-order valence-electron chi connectivity index (χ1n) is 5.01. The predicted octanol–water partition coefficient (Wildman–Crippen LogP) is 1.69. The zero-order valence-electron chi connectivity index (χ0n) is 9.13. The van der Waals surface area contributed by atoms with Gasteiger partial charge in [-0.2, -0.15) is 0 Å². The number of nitrogens with zero attached hydrogens (tertiary/aromatic N) is 1. The van der Waals surface area contributed by atoms with Crippen molar-refractivity contribution < 1.29 is 9.18 Å². The summed E-state index contributed by atoms with van der Waals surface area (Å²) in [5.74, 6) is -0.584. The van der Waals surface area contributed by atoms with Crippen LogP contribution < -0.4 is 16.0 Å². The molecule has 0 aromatic heterocycles. The number of benzene rings is 1. The van der Waals surface area contributed by atoms with Crippen molar-refractivity contribution in [1.29, 1.82) is 0 Å². The zero-order chi connectivity index (χ0) is 12.4. The van der Waals surface area contributed by atoms with Crippen LogP contribution in [0.2, 0.25) is 0 Å². The summed E-state index contributed by atoms with van der Waals surface area (Å²) in [6, 6.07) is 5.93. The van der Waals surface area contributed by atoms with Crippen LogP contribution in [0.5, 0.6) is 0 Å². The molecule has 17 heavy (non-hydrogen) atoms. The van der Waals surface area contributed by atoms with Gasteiger partial charge in [0.2, 0.25) is 0 Å². The third kappa shape index (κ3) is 2.25. The van der Waals surface area contributed by atoms with E-state index in [0.717, 1.165) is 5.69 Å². The Bertz CT molecular complexity index is 472. The fraction of sp³-hybridized carbons (Fsp3) is 0.182. The predicted molar refractivity (Wildman–Crippen MR) is 63.6 cm³/mol. The Labute approximate surface area is 103 Å². The Hall–Kier alpha value is -1.59. The Kier molecular flexibility index (Phi) is 3.31. The number of ketones is 1. The number of carbonyl (C=O) groups is 1. The monoisotopic (exact) mass is 255 g/mol. The quantitative estimate of drug-likeness (QED) is 0.807. The van der Waals surface area contributed by atoms with Crippen LogP contribution in [0.25, 0.3) is 0 Å². The number of allylic oxidation sites excluding steroid dienone is 2. The Morgan fingerprint density at radius 1 is 1.41 bits per heavy atom. The Balaban J connectivity index is 2.28. The molecule has 1 heterocycles. The van der Waals surface area contributed by atoms with Gasteiger partial charge in [-0.05, 0) is 31.2 Å². The number of Topliss-reactive ketones (excluding diaryl/α,β-unsaturated/α-hetero) is 1. The SMILES string of the molecule is CC1=C(C(=O)CCl)NNN1c1ccc(F)cc1. The lowest BCUT2D eigenvalue weighted by molar-refractivity contribution is -0.113. The number of alkyl halides is 1. The third-order valence-electron chi connectivity index (χ3n) is 2.47. The first-order chi connectivity index (χ1) is 8.13. The Morgan fingerprint density at radius 2 is 2.06 bits per heavy atom. The first kappa shape index (κ1) is 11.9. The fourth-order valence-corrected chi connectivity index (χ4v) is 1.72. The highest BCUT2D eigenvalue weighted by Crippen LogP contribution is 2.21. The number of hydrogen-bond acceptors (Lipinski definition) is 4. The largest absolute Gasteiger partial charge is 0.298 e. The average molecular weight is 256 g/mol. The van der Waals surface area contributed by atoms with Crippen LogP contribution in [-0.2, 0) is 4.79 Å². The highest BCUT2D eigenvalue weighted by atomic mass is 35.5. The van der Waals surface area contributed by atoms with E-state index < -0.39 is 0 Å². The lowest BCUT2D eigenvalue weighted by Crippen LogP contribution is -2.38. The molecule has 90 valence electrons. The highest BCUT2D eigenvalue weighted by Gasteiger charge is 2.23. The van der Waals surface area contributed by atoms with Crippen molar-refractivity contribution in [1.82, 2.24) is 11.0 Å². The number of nitrogens with one attached hydrogen (secondary N) is 2. The molecule has 2 rings (SSSR count). The van der Waals surface area contributed by atoms with Gasteiger partial charge in [0, 0.05) is 0 Å². The van der Waals surface area contributed by atoms with Crippen LogP contribution >= 0.6 is 11.6 Å². The van der Waals surface area contributed by atoms with E-state index in [-0.39, 0.29) is 17.5 Å². The normalized spacial score (nSPS) is 15.1. The summed E-state index contributed by atoms with van der Waals surface area (Å²) in [4.78, 5) is 11.5. The Morgan fingerprint density at radius 3 is 2.65 bits per heavy atom. The molecular formula is C11H11ClFN3O. The van der Waals surface area contributed by atoms with Gasteiger partial charge in [-0.1, -0.05) is 0 Å². The van der Waals surface area contributed by atoms with Gasteiger partial charge in [0.1, 0.15) is 11.5 Å². The number of hydrazine groups is 2. The van der Waals surface area contributed by atoms with Crippen molar-refractivity contribution in [2.24, 2.45) is 0 Å². The molecule has 0 unspecified atom stereocenters. The second-order valence-corrected chi connectivity index (χ2v) is 3.83. The summed E-state index contributed by atoms with van der Waals surface area (Å²) < 4.78 is 12.8. The van der Waals surface area contributed by atoms with Crippen LogP contribution in [-0.4, -0.2) is 11.7 Å². The summed E-state index contributed by atoms with van der Waals surface area (Å²) in [5, 5.41) is 1.65. The molecule has 1 aliphatic rings. The molecule has 0 radical (unpaired) electrons. The van der Waals surface area contributed by atoms with Gasteiger partial charge >= 0.3 is 0 Å². The van der Waals surface area contributed by atoms with Crippen molar-refractivity contribution in [2.45, 2.75) is 6.92 Å². The van der Waals surface area contributed by atoms with Crippen molar-refractivity contribution in [3.8, 4) is 0 Å². The van der Waals surface area contributed by atoms with Crippen LogP contribution in [0.1, 0.15) is 6.92 Å². The topological polar surface area (TPSA) is 44.4 Å². The van der Waals surface area contributed by atoms with Crippen molar-refractivity contribution in [3.63, 3.8) is 0 Å². The van der Waals surface area contributed by atoms with Crippen LogP contribution in [0.3, 0.4) is 0 Å². The molecular weight excluding hydrogens is 245 g/mol. The number of carbonyl (C=O) groups excluding carboxylic acids is 1. The van der Waals surface area contributed by atoms with Gasteiger partial charge in [0.25, 0.3) is 0 Å². The lowest BCUT2D eigenvalue weighted by atomic mass is 10.2. The van der Waals surface area contributed by atoms with Gasteiger partial charge < -0.3 is 0 Å². The van der Waals surface area contributed by atoms with Crippen molar-refractivity contribution >= 4 is 23.1 Å². The molecule has 0 saturated carbocycles. The van der Waals surface area contributed by atoms with Crippen molar-refractivity contribution in [2.75, 3.05) is 10.9 Å². The smallest absolute Gasteiger partial charge is 0.196 e. The van der Waals surface area contributed by atoms with E-state index in [0.29, 0.717) is 11.4 Å². The van der Waals surface area contributed by atoms with Crippen LogP contribution in [0.15, 0.2) is 35.7 Å². The minimum Gasteiger partial charge on any atom is -0.298 e. The zero-order valence-corrected chi connectivity index (χ0v) is 9.88. The van der Waals surface area contributed by atoms with Gasteiger partial charge in [0.05, 0.1) is 17.3 Å². The van der Waals surface area contributed by atoms with Crippen LogP contribution in [0.4, 0.5) is 10.1 Å². The van der Waals surface area contributed by atoms with E-state index in [2.05, 4.69) is 11.0 Å². The summed E-state index contributed by atoms with van der Waals surface area (Å²) >= 11 is 5.49. The third-order valence-corrected chi connectivity index (χ3v) is 2.72. The molecule has 0 spiro atoms. The summed E-state index contributed by atoms with van der Waals surface area (Å²) in [7, 11) is 0. The van der Waals surface area contributed by atoms with Crippen LogP contribution in [0, 0.1) is 5.82 Å². The number of rotatable bonds is 3. The molecule has 2 N–H and O–H groups in total. The van der Waals surface area contributed by atoms with Gasteiger partial charge in [0.15, 0.2) is 5.78 Å². The van der Waals surface area contributed by atoms with Gasteiger partial charge in [-0.25, -0.2) is 4.39 Å². The van der Waals surface area contributed by atoms with E-state index in [1.807, 2.05) is 0 Å². The van der Waals surface area contributed by atoms with E-state index >= 15 is 0 Å². The summed E-state index contributed by atoms with van der Waals surface area (Å²) in [6.07, 6.45) is 0. The summed E-state index contributed by atoms with van der Waals surface area (Å²) in [5.41, 5.74) is 7.41. The first-order valence-corrected chi connectivity index (χ1v) is 5.54. The second-order valence-electron chi connectivity index (χ2n) is 3.57. The second kappa shape index (κ2) is 4.73. The fourth-order valence-electron chi connectivity index (χ4n) is 1.58.